The molecule has 6 nitrogen and oxygen atoms in total. The van der Waals surface area contributed by atoms with E-state index in [0.717, 1.165) is 16.9 Å². The van der Waals surface area contributed by atoms with Crippen molar-refractivity contribution in [3.8, 4) is 17.1 Å². The van der Waals surface area contributed by atoms with Crippen molar-refractivity contribution in [3.63, 3.8) is 0 Å². The quantitative estimate of drug-likeness (QED) is 0.694. The van der Waals surface area contributed by atoms with E-state index in [1.807, 2.05) is 25.1 Å². The third-order valence-corrected chi connectivity index (χ3v) is 3.17. The molecule has 0 N–H and O–H groups in total. The summed E-state index contributed by atoms with van der Waals surface area (Å²) in [6.07, 6.45) is 5.12. The van der Waals surface area contributed by atoms with Gasteiger partial charge in [0.1, 0.15) is 0 Å². The van der Waals surface area contributed by atoms with E-state index in [9.17, 15) is 4.79 Å². The lowest BCUT2D eigenvalue weighted by Crippen LogP contribution is -2.04. The number of hydrogen-bond acceptors (Lipinski definition) is 5. The minimum atomic E-state index is -0.490. The van der Waals surface area contributed by atoms with Crippen LogP contribution in [0.4, 0.5) is 0 Å². The van der Waals surface area contributed by atoms with Gasteiger partial charge in [0.2, 0.25) is 0 Å². The summed E-state index contributed by atoms with van der Waals surface area (Å²) in [5.41, 5.74) is 3.45. The van der Waals surface area contributed by atoms with Crippen LogP contribution in [0.1, 0.15) is 16.1 Å². The van der Waals surface area contributed by atoms with Gasteiger partial charge in [-0.1, -0.05) is 6.07 Å². The van der Waals surface area contributed by atoms with E-state index in [2.05, 4.69) is 15.1 Å². The fraction of sp³-hybridized carbons (Fsp3) is 0.125. The number of ether oxygens (including phenoxy) is 1. The lowest BCUT2D eigenvalue weighted by Gasteiger charge is -2.06. The summed E-state index contributed by atoms with van der Waals surface area (Å²) in [5, 5.41) is 4.31. The maximum atomic E-state index is 11.8. The molecule has 0 saturated heterocycles. The fourth-order valence-electron chi connectivity index (χ4n) is 2.06. The Kier molecular flexibility index (Phi) is 3.65. The van der Waals surface area contributed by atoms with Crippen LogP contribution in [0.3, 0.4) is 0 Å². The molecule has 3 rings (SSSR count). The van der Waals surface area contributed by atoms with Gasteiger partial charge in [-0.2, -0.15) is 5.10 Å². The molecule has 0 aliphatic carbocycles. The van der Waals surface area contributed by atoms with Crippen molar-refractivity contribution in [2.45, 2.75) is 6.92 Å². The summed E-state index contributed by atoms with van der Waals surface area (Å²) in [7, 11) is 1.33. The zero-order valence-electron chi connectivity index (χ0n) is 12.2. The first kappa shape index (κ1) is 13.9. The molecule has 0 fully saturated rings. The maximum Gasteiger partial charge on any atom is 0.358 e. The van der Waals surface area contributed by atoms with Crippen LogP contribution in [0, 0.1) is 6.92 Å². The Morgan fingerprint density at radius 1 is 1.23 bits per heavy atom. The Balaban J connectivity index is 2.17. The number of aromatic nitrogens is 4. The highest BCUT2D eigenvalue weighted by molar-refractivity contribution is 5.88. The monoisotopic (exact) mass is 294 g/mol. The average molecular weight is 294 g/mol. The summed E-state index contributed by atoms with van der Waals surface area (Å²) in [5.74, 6) is -0.490. The minimum Gasteiger partial charge on any atom is -0.464 e. The summed E-state index contributed by atoms with van der Waals surface area (Å²) in [4.78, 5) is 20.2. The first-order valence-electron chi connectivity index (χ1n) is 6.71. The molecule has 3 aromatic heterocycles. The zero-order valence-corrected chi connectivity index (χ0v) is 12.2. The Bertz CT molecular complexity index is 795. The number of methoxy groups -OCH3 is 1. The van der Waals surface area contributed by atoms with Crippen molar-refractivity contribution in [2.75, 3.05) is 7.11 Å². The van der Waals surface area contributed by atoms with Gasteiger partial charge in [0.15, 0.2) is 5.69 Å². The molecule has 22 heavy (non-hydrogen) atoms. The highest BCUT2D eigenvalue weighted by Crippen LogP contribution is 2.22. The van der Waals surface area contributed by atoms with Gasteiger partial charge in [0, 0.05) is 18.5 Å². The van der Waals surface area contributed by atoms with Crippen molar-refractivity contribution in [1.29, 1.82) is 0 Å². The normalized spacial score (nSPS) is 10.5. The third kappa shape index (κ3) is 2.58. The summed E-state index contributed by atoms with van der Waals surface area (Å²) >= 11 is 0. The number of rotatable bonds is 3. The largest absolute Gasteiger partial charge is 0.464 e. The van der Waals surface area contributed by atoms with Gasteiger partial charge in [0.25, 0.3) is 0 Å². The molecule has 0 aliphatic heterocycles. The van der Waals surface area contributed by atoms with Crippen LogP contribution in [-0.2, 0) is 4.74 Å². The number of nitrogens with zero attached hydrogens (tertiary/aromatic N) is 4. The first-order chi connectivity index (χ1) is 10.7. The van der Waals surface area contributed by atoms with E-state index in [1.54, 1.807) is 35.4 Å². The molecule has 6 heteroatoms. The van der Waals surface area contributed by atoms with Crippen LogP contribution in [0.25, 0.3) is 17.1 Å². The van der Waals surface area contributed by atoms with Crippen molar-refractivity contribution in [3.05, 3.63) is 60.2 Å². The second-order valence-electron chi connectivity index (χ2n) is 4.75. The van der Waals surface area contributed by atoms with Crippen molar-refractivity contribution in [2.24, 2.45) is 0 Å². The van der Waals surface area contributed by atoms with Crippen LogP contribution in [0.15, 0.2) is 48.9 Å². The molecule has 0 aromatic carbocycles. The molecule has 0 unspecified atom stereocenters. The molecule has 0 saturated carbocycles. The predicted molar refractivity (Wildman–Crippen MR) is 80.7 cm³/mol. The van der Waals surface area contributed by atoms with E-state index < -0.39 is 5.97 Å². The van der Waals surface area contributed by atoms with Crippen molar-refractivity contribution >= 4 is 5.97 Å². The van der Waals surface area contributed by atoms with Crippen molar-refractivity contribution < 1.29 is 9.53 Å². The molecule has 3 heterocycles. The number of carbonyl (C=O) groups is 1. The average Bonchev–Trinajstić information content (AvgIpc) is 3.01. The predicted octanol–water partition coefficient (Wildman–Crippen LogP) is 2.42. The maximum absolute atomic E-state index is 11.8. The summed E-state index contributed by atoms with van der Waals surface area (Å²) in [6, 6.07) is 9.18. The molecule has 3 aromatic rings. The summed E-state index contributed by atoms with van der Waals surface area (Å²) < 4.78 is 6.38. The molecule has 0 spiro atoms. The molecule has 0 bridgehead atoms. The molecule has 0 aliphatic rings. The Labute approximate surface area is 127 Å². The molecule has 0 radical (unpaired) electrons. The number of esters is 1. The van der Waals surface area contributed by atoms with E-state index in [1.165, 1.54) is 7.11 Å². The number of aryl methyl sites for hydroxylation is 1. The molecular formula is C16H14N4O2. The van der Waals surface area contributed by atoms with Crippen LogP contribution < -0.4 is 0 Å². The highest BCUT2D eigenvalue weighted by atomic mass is 16.5. The van der Waals surface area contributed by atoms with E-state index >= 15 is 0 Å². The van der Waals surface area contributed by atoms with Gasteiger partial charge in [-0.05, 0) is 30.7 Å². The molecule has 0 amide bonds. The van der Waals surface area contributed by atoms with Gasteiger partial charge in [-0.3, -0.25) is 9.97 Å². The lowest BCUT2D eigenvalue weighted by atomic mass is 10.2. The number of carbonyl (C=O) groups excluding carboxylic acids is 1. The Morgan fingerprint density at radius 2 is 2.09 bits per heavy atom. The topological polar surface area (TPSA) is 69.9 Å². The van der Waals surface area contributed by atoms with Crippen LogP contribution in [0.2, 0.25) is 0 Å². The van der Waals surface area contributed by atoms with Crippen LogP contribution >= 0.6 is 0 Å². The van der Waals surface area contributed by atoms with E-state index in [4.69, 9.17) is 4.74 Å². The third-order valence-electron chi connectivity index (χ3n) is 3.17. The smallest absolute Gasteiger partial charge is 0.358 e. The molecular weight excluding hydrogens is 280 g/mol. The van der Waals surface area contributed by atoms with Gasteiger partial charge < -0.3 is 4.74 Å². The second kappa shape index (κ2) is 5.77. The van der Waals surface area contributed by atoms with Gasteiger partial charge >= 0.3 is 5.97 Å². The zero-order chi connectivity index (χ0) is 15.5. The fourth-order valence-corrected chi connectivity index (χ4v) is 2.06. The van der Waals surface area contributed by atoms with Gasteiger partial charge in [-0.15, -0.1) is 0 Å². The SMILES string of the molecule is COC(=O)c1cc(-c2ccc(C)cn2)n(-c2cccnc2)n1. The molecule has 0 atom stereocenters. The van der Waals surface area contributed by atoms with E-state index in [-0.39, 0.29) is 5.69 Å². The first-order valence-corrected chi connectivity index (χ1v) is 6.71. The number of hydrogen-bond donors (Lipinski definition) is 0. The van der Waals surface area contributed by atoms with Crippen molar-refractivity contribution in [1.82, 2.24) is 19.7 Å². The Hall–Kier alpha value is -3.02. The minimum absolute atomic E-state index is 0.226. The number of pyridine rings is 2. The second-order valence-corrected chi connectivity index (χ2v) is 4.75. The van der Waals surface area contributed by atoms with E-state index in [0.29, 0.717) is 5.69 Å². The van der Waals surface area contributed by atoms with Gasteiger partial charge in [0.05, 0.1) is 30.4 Å². The van der Waals surface area contributed by atoms with Crippen LogP contribution in [0.5, 0.6) is 0 Å². The van der Waals surface area contributed by atoms with Gasteiger partial charge in [-0.25, -0.2) is 9.48 Å². The molecule has 110 valence electrons. The van der Waals surface area contributed by atoms with Crippen LogP contribution in [-0.4, -0.2) is 32.8 Å². The highest BCUT2D eigenvalue weighted by Gasteiger charge is 2.17. The lowest BCUT2D eigenvalue weighted by molar-refractivity contribution is 0.0593. The summed E-state index contributed by atoms with van der Waals surface area (Å²) in [6.45, 7) is 1.97. The Morgan fingerprint density at radius 3 is 2.73 bits per heavy atom. The standard InChI is InChI=1S/C16H14N4O2/c1-11-5-6-13(18-9-11)15-8-14(16(21)22-2)19-20(15)12-4-3-7-17-10-12/h3-10H,1-2H3.